The summed E-state index contributed by atoms with van der Waals surface area (Å²) in [6.45, 7) is 4.18. The number of nitrogens with zero attached hydrogens (tertiary/aromatic N) is 2. The van der Waals surface area contributed by atoms with Crippen molar-refractivity contribution >= 4 is 23.6 Å². The Hall–Kier alpha value is -3.28. The van der Waals surface area contributed by atoms with Crippen LogP contribution in [0.2, 0.25) is 0 Å². The summed E-state index contributed by atoms with van der Waals surface area (Å²) in [5.74, 6) is 1.05. The molecule has 0 radical (unpaired) electrons. The van der Waals surface area contributed by atoms with Crippen LogP contribution >= 0.6 is 0 Å². The molecule has 31 heavy (non-hydrogen) atoms. The molecule has 4 rings (SSSR count). The number of likely N-dealkylation sites (tertiary alicyclic amines) is 1. The topological polar surface area (TPSA) is 59.1 Å². The van der Waals surface area contributed by atoms with E-state index in [2.05, 4.69) is 0 Å². The number of amides is 2. The fourth-order valence-corrected chi connectivity index (χ4v) is 4.05. The van der Waals surface area contributed by atoms with Gasteiger partial charge in [-0.25, -0.2) is 0 Å². The molecule has 2 aliphatic rings. The lowest BCUT2D eigenvalue weighted by molar-refractivity contribution is -0.139. The lowest BCUT2D eigenvalue weighted by atomic mass is 10.1. The molecule has 0 bridgehead atoms. The third-order valence-corrected chi connectivity index (χ3v) is 5.61. The Labute approximate surface area is 183 Å². The molecule has 1 saturated heterocycles. The van der Waals surface area contributed by atoms with E-state index in [0.29, 0.717) is 18.0 Å². The van der Waals surface area contributed by atoms with Crippen LogP contribution in [0.3, 0.4) is 0 Å². The highest BCUT2D eigenvalue weighted by Crippen LogP contribution is 2.34. The second-order valence-corrected chi connectivity index (χ2v) is 7.71. The molecule has 162 valence electrons. The van der Waals surface area contributed by atoms with Gasteiger partial charge in [0.25, 0.3) is 11.8 Å². The van der Waals surface area contributed by atoms with Gasteiger partial charge in [-0.2, -0.15) is 0 Å². The number of ether oxygens (including phenoxy) is 2. The summed E-state index contributed by atoms with van der Waals surface area (Å²) < 4.78 is 11.7. The molecule has 0 saturated carbocycles. The van der Waals surface area contributed by atoms with Gasteiger partial charge in [0.2, 0.25) is 0 Å². The minimum absolute atomic E-state index is 0.0438. The molecular formula is C25H28N2O4. The second kappa shape index (κ2) is 9.69. The Balaban J connectivity index is 1.56. The Morgan fingerprint density at radius 3 is 2.61 bits per heavy atom. The maximum Gasteiger partial charge on any atom is 0.265 e. The Morgan fingerprint density at radius 1 is 1.06 bits per heavy atom. The Kier molecular flexibility index (Phi) is 6.55. The predicted octanol–water partition coefficient (Wildman–Crippen LogP) is 3.91. The first kappa shape index (κ1) is 21.0. The van der Waals surface area contributed by atoms with E-state index in [9.17, 15) is 9.59 Å². The first-order chi connectivity index (χ1) is 15.2. The summed E-state index contributed by atoms with van der Waals surface area (Å²) >= 11 is 0. The molecule has 6 nitrogen and oxygen atoms in total. The van der Waals surface area contributed by atoms with E-state index in [1.54, 1.807) is 17.0 Å². The highest BCUT2D eigenvalue weighted by Gasteiger charge is 2.35. The third kappa shape index (κ3) is 4.74. The Morgan fingerprint density at radius 2 is 1.81 bits per heavy atom. The zero-order chi connectivity index (χ0) is 21.6. The van der Waals surface area contributed by atoms with E-state index in [1.165, 1.54) is 6.08 Å². The van der Waals surface area contributed by atoms with Crippen molar-refractivity contribution in [2.24, 2.45) is 0 Å². The molecule has 2 amide bonds. The molecule has 2 aromatic carbocycles. The van der Waals surface area contributed by atoms with Crippen LogP contribution in [-0.2, 0) is 9.59 Å². The van der Waals surface area contributed by atoms with Crippen molar-refractivity contribution in [3.05, 3.63) is 60.2 Å². The van der Waals surface area contributed by atoms with Crippen LogP contribution in [0.25, 0.3) is 6.08 Å². The zero-order valence-electron chi connectivity index (χ0n) is 17.8. The molecule has 0 aromatic heterocycles. The Bertz CT molecular complexity index is 965. The van der Waals surface area contributed by atoms with Crippen molar-refractivity contribution in [1.82, 2.24) is 4.90 Å². The van der Waals surface area contributed by atoms with E-state index in [1.807, 2.05) is 54.3 Å². The van der Waals surface area contributed by atoms with Gasteiger partial charge >= 0.3 is 0 Å². The molecule has 0 aliphatic carbocycles. The molecule has 2 aliphatic heterocycles. The van der Waals surface area contributed by atoms with E-state index in [-0.39, 0.29) is 18.4 Å². The minimum Gasteiger partial charge on any atom is -0.493 e. The van der Waals surface area contributed by atoms with Crippen LogP contribution in [0, 0.1) is 0 Å². The number of hydrogen-bond acceptors (Lipinski definition) is 4. The molecule has 0 N–H and O–H groups in total. The maximum absolute atomic E-state index is 13.2. The van der Waals surface area contributed by atoms with Crippen molar-refractivity contribution < 1.29 is 19.1 Å². The van der Waals surface area contributed by atoms with Gasteiger partial charge in [0.1, 0.15) is 11.5 Å². The van der Waals surface area contributed by atoms with E-state index >= 15 is 0 Å². The van der Waals surface area contributed by atoms with Crippen LogP contribution < -0.4 is 14.4 Å². The smallest absolute Gasteiger partial charge is 0.265 e. The van der Waals surface area contributed by atoms with Crippen molar-refractivity contribution in [3.8, 4) is 11.5 Å². The van der Waals surface area contributed by atoms with Crippen molar-refractivity contribution in [2.45, 2.75) is 32.3 Å². The number of rotatable bonds is 5. The zero-order valence-corrected chi connectivity index (χ0v) is 17.8. The first-order valence-corrected chi connectivity index (χ1v) is 10.9. The highest BCUT2D eigenvalue weighted by molar-refractivity contribution is 6.06. The molecule has 1 fully saturated rings. The number of piperidine rings is 1. The number of carbonyl (C=O) groups is 2. The lowest BCUT2D eigenvalue weighted by Crippen LogP contribution is -2.52. The first-order valence-electron chi connectivity index (χ1n) is 10.9. The normalized spacial score (nSPS) is 18.4. The van der Waals surface area contributed by atoms with Crippen LogP contribution in [0.4, 0.5) is 5.69 Å². The van der Waals surface area contributed by atoms with Gasteiger partial charge in [-0.15, -0.1) is 0 Å². The number of anilines is 1. The van der Waals surface area contributed by atoms with Gasteiger partial charge in [0, 0.05) is 24.7 Å². The summed E-state index contributed by atoms with van der Waals surface area (Å²) in [4.78, 5) is 29.7. The van der Waals surface area contributed by atoms with Crippen LogP contribution in [0.15, 0.2) is 54.6 Å². The molecule has 2 heterocycles. The number of benzene rings is 2. The summed E-state index contributed by atoms with van der Waals surface area (Å²) in [6, 6.07) is 15.0. The average Bonchev–Trinajstić information content (AvgIpc) is 2.83. The van der Waals surface area contributed by atoms with Gasteiger partial charge in [0.05, 0.1) is 18.8 Å². The van der Waals surface area contributed by atoms with Crippen LogP contribution in [0.1, 0.15) is 31.7 Å². The summed E-state index contributed by atoms with van der Waals surface area (Å²) in [6.07, 6.45) is 5.77. The number of carbonyl (C=O) groups excluding carboxylic acids is 2. The second-order valence-electron chi connectivity index (χ2n) is 7.71. The van der Waals surface area contributed by atoms with Gasteiger partial charge in [-0.3, -0.25) is 9.59 Å². The summed E-state index contributed by atoms with van der Waals surface area (Å²) in [7, 11) is 0. The largest absolute Gasteiger partial charge is 0.493 e. The molecule has 1 atom stereocenters. The molecule has 0 unspecified atom stereocenters. The SMILES string of the molecule is CCOc1ccccc1/C=C/C(=O)N1C[C@@H](C(=O)N2CCCCC2)Oc2ccccc21. The minimum atomic E-state index is -0.693. The van der Waals surface area contributed by atoms with E-state index in [0.717, 1.165) is 43.7 Å². The van der Waals surface area contributed by atoms with E-state index < -0.39 is 6.10 Å². The molecule has 6 heteroatoms. The molecular weight excluding hydrogens is 392 g/mol. The van der Waals surface area contributed by atoms with Gasteiger partial charge in [-0.1, -0.05) is 30.3 Å². The molecule has 0 spiro atoms. The monoisotopic (exact) mass is 420 g/mol. The van der Waals surface area contributed by atoms with Crippen molar-refractivity contribution in [2.75, 3.05) is 31.1 Å². The van der Waals surface area contributed by atoms with Crippen molar-refractivity contribution in [3.63, 3.8) is 0 Å². The summed E-state index contributed by atoms with van der Waals surface area (Å²) in [5, 5.41) is 0. The maximum atomic E-state index is 13.2. The van der Waals surface area contributed by atoms with Gasteiger partial charge in [-0.05, 0) is 50.5 Å². The average molecular weight is 421 g/mol. The fourth-order valence-electron chi connectivity index (χ4n) is 4.05. The lowest BCUT2D eigenvalue weighted by Gasteiger charge is -2.37. The number of hydrogen-bond donors (Lipinski definition) is 0. The standard InChI is InChI=1S/C25H28N2O4/c1-2-30-21-12-6-4-10-19(21)14-15-24(28)27-18-23(25(29)26-16-8-3-9-17-26)31-22-13-7-5-11-20(22)27/h4-7,10-15,23H,2-3,8-9,16-18H2,1H3/b15-14+/t23-/m0/s1. The molecule has 2 aromatic rings. The van der Waals surface area contributed by atoms with Gasteiger partial charge in [0.15, 0.2) is 6.10 Å². The van der Waals surface area contributed by atoms with Crippen molar-refractivity contribution in [1.29, 1.82) is 0 Å². The van der Waals surface area contributed by atoms with Crippen LogP contribution in [0.5, 0.6) is 11.5 Å². The number of para-hydroxylation sites is 3. The third-order valence-electron chi connectivity index (χ3n) is 5.61. The number of fused-ring (bicyclic) bond motifs is 1. The fraction of sp³-hybridized carbons (Fsp3) is 0.360. The predicted molar refractivity (Wildman–Crippen MR) is 120 cm³/mol. The summed E-state index contributed by atoms with van der Waals surface area (Å²) in [5.41, 5.74) is 1.51. The highest BCUT2D eigenvalue weighted by atomic mass is 16.5. The van der Waals surface area contributed by atoms with Crippen LogP contribution in [-0.4, -0.2) is 49.1 Å². The quantitative estimate of drug-likeness (QED) is 0.689. The van der Waals surface area contributed by atoms with E-state index in [4.69, 9.17) is 9.47 Å². The van der Waals surface area contributed by atoms with Gasteiger partial charge < -0.3 is 19.3 Å².